The lowest BCUT2D eigenvalue weighted by Crippen LogP contribution is -2.55. The first-order valence-corrected chi connectivity index (χ1v) is 5.44. The standard InChI is InChI=1S/C11H18O6/c1-6-10(14-4)11(17-8(3)13)9(5-15-6)16-7(2)12/h6,9-11H,5H2,1-4H3. The number of hydrogen-bond donors (Lipinski definition) is 0. The second-order valence-electron chi connectivity index (χ2n) is 3.96. The highest BCUT2D eigenvalue weighted by atomic mass is 16.6. The van der Waals surface area contributed by atoms with Crippen LogP contribution >= 0.6 is 0 Å². The quantitative estimate of drug-likeness (QED) is 0.666. The lowest BCUT2D eigenvalue weighted by atomic mass is 10.0. The molecule has 0 aromatic rings. The Kier molecular flexibility index (Phi) is 4.89. The van der Waals surface area contributed by atoms with Crippen molar-refractivity contribution in [1.29, 1.82) is 0 Å². The summed E-state index contributed by atoms with van der Waals surface area (Å²) >= 11 is 0. The number of carbonyl (C=O) groups excluding carboxylic acids is 2. The first-order chi connectivity index (χ1) is 7.95. The summed E-state index contributed by atoms with van der Waals surface area (Å²) in [4.78, 5) is 22.0. The molecule has 0 N–H and O–H groups in total. The van der Waals surface area contributed by atoms with E-state index in [1.807, 2.05) is 6.92 Å². The van der Waals surface area contributed by atoms with Gasteiger partial charge in [0, 0.05) is 21.0 Å². The minimum atomic E-state index is -0.634. The van der Waals surface area contributed by atoms with Gasteiger partial charge in [-0.05, 0) is 6.92 Å². The van der Waals surface area contributed by atoms with Gasteiger partial charge in [-0.3, -0.25) is 9.59 Å². The third-order valence-electron chi connectivity index (χ3n) is 2.57. The Morgan fingerprint density at radius 1 is 1.12 bits per heavy atom. The summed E-state index contributed by atoms with van der Waals surface area (Å²) in [7, 11) is 1.50. The van der Waals surface area contributed by atoms with Crippen molar-refractivity contribution in [2.24, 2.45) is 0 Å². The Bertz CT molecular complexity index is 290. The molecular weight excluding hydrogens is 228 g/mol. The fourth-order valence-electron chi connectivity index (χ4n) is 1.89. The molecule has 0 spiro atoms. The molecule has 1 fully saturated rings. The summed E-state index contributed by atoms with van der Waals surface area (Å²) in [5.74, 6) is -0.886. The van der Waals surface area contributed by atoms with Gasteiger partial charge in [-0.2, -0.15) is 0 Å². The smallest absolute Gasteiger partial charge is 0.303 e. The van der Waals surface area contributed by atoms with Crippen LogP contribution < -0.4 is 0 Å². The molecule has 1 heterocycles. The van der Waals surface area contributed by atoms with E-state index in [-0.39, 0.29) is 12.7 Å². The molecule has 0 aliphatic carbocycles. The van der Waals surface area contributed by atoms with Crippen LogP contribution in [0, 0.1) is 0 Å². The topological polar surface area (TPSA) is 71.1 Å². The molecule has 0 aromatic heterocycles. The largest absolute Gasteiger partial charge is 0.456 e. The Balaban J connectivity index is 2.80. The zero-order chi connectivity index (χ0) is 13.0. The molecule has 17 heavy (non-hydrogen) atoms. The van der Waals surface area contributed by atoms with Crippen molar-refractivity contribution in [1.82, 2.24) is 0 Å². The maximum Gasteiger partial charge on any atom is 0.303 e. The van der Waals surface area contributed by atoms with Crippen LogP contribution in [-0.2, 0) is 28.5 Å². The molecule has 6 heteroatoms. The number of esters is 2. The fourth-order valence-corrected chi connectivity index (χ4v) is 1.89. The van der Waals surface area contributed by atoms with Crippen LogP contribution in [0.15, 0.2) is 0 Å². The highest BCUT2D eigenvalue weighted by Crippen LogP contribution is 2.23. The van der Waals surface area contributed by atoms with Crippen LogP contribution in [-0.4, -0.2) is 50.1 Å². The molecule has 0 bridgehead atoms. The van der Waals surface area contributed by atoms with Crippen molar-refractivity contribution in [3.05, 3.63) is 0 Å². The number of ether oxygens (including phenoxy) is 4. The summed E-state index contributed by atoms with van der Waals surface area (Å²) in [5.41, 5.74) is 0. The molecule has 6 nitrogen and oxygen atoms in total. The lowest BCUT2D eigenvalue weighted by Gasteiger charge is -2.39. The first-order valence-electron chi connectivity index (χ1n) is 5.44. The van der Waals surface area contributed by atoms with Crippen molar-refractivity contribution in [3.8, 4) is 0 Å². The predicted octanol–water partition coefficient (Wildman–Crippen LogP) is 0.283. The average molecular weight is 246 g/mol. The van der Waals surface area contributed by atoms with E-state index in [1.54, 1.807) is 0 Å². The van der Waals surface area contributed by atoms with E-state index in [2.05, 4.69) is 0 Å². The van der Waals surface area contributed by atoms with Gasteiger partial charge in [-0.1, -0.05) is 0 Å². The van der Waals surface area contributed by atoms with Gasteiger partial charge in [0.25, 0.3) is 0 Å². The highest BCUT2D eigenvalue weighted by Gasteiger charge is 2.42. The Morgan fingerprint density at radius 2 is 1.71 bits per heavy atom. The van der Waals surface area contributed by atoms with Gasteiger partial charge in [0.05, 0.1) is 12.7 Å². The molecule has 1 aliphatic rings. The van der Waals surface area contributed by atoms with E-state index in [1.165, 1.54) is 21.0 Å². The van der Waals surface area contributed by atoms with Gasteiger partial charge in [0.15, 0.2) is 12.2 Å². The van der Waals surface area contributed by atoms with Gasteiger partial charge < -0.3 is 18.9 Å². The van der Waals surface area contributed by atoms with Crippen LogP contribution in [0.5, 0.6) is 0 Å². The second-order valence-corrected chi connectivity index (χ2v) is 3.96. The molecule has 0 radical (unpaired) electrons. The number of carbonyl (C=O) groups is 2. The van der Waals surface area contributed by atoms with E-state index in [4.69, 9.17) is 18.9 Å². The maximum absolute atomic E-state index is 11.1. The van der Waals surface area contributed by atoms with E-state index >= 15 is 0 Å². The summed E-state index contributed by atoms with van der Waals surface area (Å²) in [5, 5.41) is 0. The predicted molar refractivity (Wildman–Crippen MR) is 57.3 cm³/mol. The van der Waals surface area contributed by atoms with E-state index < -0.39 is 30.3 Å². The zero-order valence-corrected chi connectivity index (χ0v) is 10.5. The minimum Gasteiger partial charge on any atom is -0.456 e. The molecule has 1 rings (SSSR count). The van der Waals surface area contributed by atoms with Gasteiger partial charge >= 0.3 is 11.9 Å². The molecule has 1 aliphatic heterocycles. The maximum atomic E-state index is 11.1. The lowest BCUT2D eigenvalue weighted by molar-refractivity contribution is -0.219. The van der Waals surface area contributed by atoms with Crippen LogP contribution in [0.4, 0.5) is 0 Å². The van der Waals surface area contributed by atoms with Gasteiger partial charge in [0.2, 0.25) is 0 Å². The molecule has 1 saturated heterocycles. The molecule has 0 saturated carbocycles. The number of rotatable bonds is 3. The summed E-state index contributed by atoms with van der Waals surface area (Å²) < 4.78 is 20.9. The van der Waals surface area contributed by atoms with Crippen molar-refractivity contribution >= 4 is 11.9 Å². The molecule has 4 atom stereocenters. The molecule has 0 amide bonds. The highest BCUT2D eigenvalue weighted by molar-refractivity contribution is 5.67. The second kappa shape index (κ2) is 5.97. The first kappa shape index (κ1) is 13.9. The Hall–Kier alpha value is -1.14. The summed E-state index contributed by atoms with van der Waals surface area (Å²) in [6.07, 6.45) is -1.93. The molecule has 0 aromatic carbocycles. The monoisotopic (exact) mass is 246 g/mol. The van der Waals surface area contributed by atoms with E-state index in [0.717, 1.165) is 0 Å². The Labute approximate surface area is 100 Å². The van der Waals surface area contributed by atoms with E-state index in [9.17, 15) is 9.59 Å². The van der Waals surface area contributed by atoms with Gasteiger partial charge in [-0.15, -0.1) is 0 Å². The Morgan fingerprint density at radius 3 is 2.18 bits per heavy atom. The fraction of sp³-hybridized carbons (Fsp3) is 0.818. The van der Waals surface area contributed by atoms with Crippen molar-refractivity contribution in [2.75, 3.05) is 13.7 Å². The minimum absolute atomic E-state index is 0.193. The molecule has 4 unspecified atom stereocenters. The average Bonchev–Trinajstić information content (AvgIpc) is 2.21. The van der Waals surface area contributed by atoms with Crippen LogP contribution in [0.1, 0.15) is 20.8 Å². The van der Waals surface area contributed by atoms with Crippen molar-refractivity contribution in [2.45, 2.75) is 45.2 Å². The van der Waals surface area contributed by atoms with Crippen LogP contribution in [0.25, 0.3) is 0 Å². The SMILES string of the molecule is COC1C(C)OCC(OC(C)=O)C1OC(C)=O. The van der Waals surface area contributed by atoms with Gasteiger partial charge in [-0.25, -0.2) is 0 Å². The van der Waals surface area contributed by atoms with Gasteiger partial charge in [0.1, 0.15) is 6.10 Å². The van der Waals surface area contributed by atoms with Crippen LogP contribution in [0.2, 0.25) is 0 Å². The number of hydrogen-bond acceptors (Lipinski definition) is 6. The van der Waals surface area contributed by atoms with E-state index in [0.29, 0.717) is 0 Å². The third-order valence-corrected chi connectivity index (χ3v) is 2.57. The van der Waals surface area contributed by atoms with Crippen LogP contribution in [0.3, 0.4) is 0 Å². The summed E-state index contributed by atoms with van der Waals surface area (Å²) in [6, 6.07) is 0. The third kappa shape index (κ3) is 3.67. The normalized spacial score (nSPS) is 32.9. The van der Waals surface area contributed by atoms with Crippen molar-refractivity contribution in [3.63, 3.8) is 0 Å². The molecular formula is C11H18O6. The van der Waals surface area contributed by atoms with Crippen molar-refractivity contribution < 1.29 is 28.5 Å². The zero-order valence-electron chi connectivity index (χ0n) is 10.5. The number of methoxy groups -OCH3 is 1. The molecule has 98 valence electrons. The summed E-state index contributed by atoms with van der Waals surface area (Å²) in [6.45, 7) is 4.61.